The summed E-state index contributed by atoms with van der Waals surface area (Å²) in [5, 5.41) is 0. The van der Waals surface area contributed by atoms with Crippen molar-refractivity contribution in [3.8, 4) is 0 Å². The molecular weight excluding hydrogens is 430 g/mol. The van der Waals surface area contributed by atoms with Crippen LogP contribution in [0.15, 0.2) is 72.8 Å². The lowest BCUT2D eigenvalue weighted by Gasteiger charge is -2.26. The van der Waals surface area contributed by atoms with Crippen molar-refractivity contribution in [3.05, 3.63) is 101 Å². The molecule has 6 heteroatoms. The monoisotopic (exact) mass is 455 g/mol. The van der Waals surface area contributed by atoms with Crippen molar-refractivity contribution in [2.75, 3.05) is 4.90 Å². The molecule has 3 aromatic carbocycles. The zero-order valence-electron chi connectivity index (χ0n) is 19.1. The molecule has 0 aliphatic carbocycles. The predicted octanol–water partition coefficient (Wildman–Crippen LogP) is 4.66. The van der Waals surface area contributed by atoms with E-state index in [0.717, 1.165) is 28.8 Å². The van der Waals surface area contributed by atoms with Crippen LogP contribution in [0.25, 0.3) is 0 Å². The van der Waals surface area contributed by atoms with E-state index >= 15 is 0 Å². The van der Waals surface area contributed by atoms with Crippen molar-refractivity contribution in [1.29, 1.82) is 0 Å². The summed E-state index contributed by atoms with van der Waals surface area (Å²) in [5.41, 5.74) is 4.33. The number of hydrogen-bond donors (Lipinski definition) is 0. The molecule has 0 N–H and O–H groups in total. The fourth-order valence-corrected chi connectivity index (χ4v) is 4.75. The van der Waals surface area contributed by atoms with Gasteiger partial charge in [-0.3, -0.25) is 4.79 Å². The predicted molar refractivity (Wildman–Crippen MR) is 127 cm³/mol. The van der Waals surface area contributed by atoms with Crippen molar-refractivity contribution < 1.29 is 23.9 Å². The maximum atomic E-state index is 13.1. The summed E-state index contributed by atoms with van der Waals surface area (Å²) in [6.45, 7) is 3.58. The van der Waals surface area contributed by atoms with E-state index in [4.69, 9.17) is 9.47 Å². The number of carbonyl (C=O) groups is 3. The number of nitrogens with zero attached hydrogens (tertiary/aromatic N) is 1. The third kappa shape index (κ3) is 3.96. The van der Waals surface area contributed by atoms with Crippen LogP contribution in [0, 0.1) is 0 Å². The number of cyclic esters (lactones) is 1. The first-order valence-electron chi connectivity index (χ1n) is 11.4. The molecule has 172 valence electrons. The second kappa shape index (κ2) is 8.78. The number of ether oxygens (including phenoxy) is 2. The van der Waals surface area contributed by atoms with Crippen molar-refractivity contribution in [2.24, 2.45) is 0 Å². The molecule has 3 atom stereocenters. The Morgan fingerprint density at radius 3 is 2.50 bits per heavy atom. The third-order valence-corrected chi connectivity index (χ3v) is 6.46. The number of amides is 1. The van der Waals surface area contributed by atoms with Gasteiger partial charge >= 0.3 is 11.9 Å². The van der Waals surface area contributed by atoms with E-state index in [-0.39, 0.29) is 11.9 Å². The zero-order chi connectivity index (χ0) is 23.8. The summed E-state index contributed by atoms with van der Waals surface area (Å²) in [4.78, 5) is 40.3. The first-order chi connectivity index (χ1) is 16.4. The standard InChI is InChI=1S/C28H25NO5/c1-17-14-20-10-6-7-11-24(20)29(17)26(30)18(2)33-27(31)21-12-13-23-22(15-21)16-25(34-28(23)32)19-8-4-3-5-9-19/h3-13,15,17-18,25H,14,16H2,1-2H3. The molecule has 0 saturated heterocycles. The van der Waals surface area contributed by atoms with E-state index in [0.29, 0.717) is 17.5 Å². The Balaban J connectivity index is 1.32. The molecule has 2 heterocycles. The summed E-state index contributed by atoms with van der Waals surface area (Å²) >= 11 is 0. The highest BCUT2D eigenvalue weighted by molar-refractivity contribution is 6.01. The highest BCUT2D eigenvalue weighted by Crippen LogP contribution is 2.33. The number of carbonyl (C=O) groups excluding carboxylic acids is 3. The lowest BCUT2D eigenvalue weighted by Crippen LogP contribution is -2.43. The molecule has 0 spiro atoms. The number of fused-ring (bicyclic) bond motifs is 2. The van der Waals surface area contributed by atoms with E-state index in [2.05, 4.69) is 0 Å². The average molecular weight is 456 g/mol. The highest BCUT2D eigenvalue weighted by atomic mass is 16.6. The van der Waals surface area contributed by atoms with E-state index in [9.17, 15) is 14.4 Å². The van der Waals surface area contributed by atoms with Crippen LogP contribution < -0.4 is 4.90 Å². The molecule has 0 radical (unpaired) electrons. The third-order valence-electron chi connectivity index (χ3n) is 6.46. The minimum atomic E-state index is -0.945. The highest BCUT2D eigenvalue weighted by Gasteiger charge is 2.35. The molecule has 6 nitrogen and oxygen atoms in total. The minimum Gasteiger partial charge on any atom is -0.454 e. The van der Waals surface area contributed by atoms with Gasteiger partial charge in [0.1, 0.15) is 6.10 Å². The molecule has 0 fully saturated rings. The van der Waals surface area contributed by atoms with Crippen LogP contribution in [-0.2, 0) is 27.1 Å². The SMILES string of the molecule is CC(OC(=O)c1ccc2c(c1)CC(c1ccccc1)OC2=O)C(=O)N1c2ccccc2CC1C. The molecule has 1 amide bonds. The van der Waals surface area contributed by atoms with Gasteiger partial charge in [0.15, 0.2) is 6.10 Å². The summed E-state index contributed by atoms with van der Waals surface area (Å²) in [6, 6.07) is 22.1. The summed E-state index contributed by atoms with van der Waals surface area (Å²) in [6.07, 6.45) is -0.127. The number of rotatable bonds is 4. The molecule has 34 heavy (non-hydrogen) atoms. The largest absolute Gasteiger partial charge is 0.454 e. The summed E-state index contributed by atoms with van der Waals surface area (Å²) in [7, 11) is 0. The van der Waals surface area contributed by atoms with E-state index in [1.165, 1.54) is 6.07 Å². The molecule has 3 aromatic rings. The van der Waals surface area contributed by atoms with Crippen LogP contribution in [0.2, 0.25) is 0 Å². The van der Waals surface area contributed by atoms with Gasteiger partial charge in [-0.05, 0) is 61.2 Å². The van der Waals surface area contributed by atoms with Gasteiger partial charge in [-0.2, -0.15) is 0 Å². The van der Waals surface area contributed by atoms with E-state index < -0.39 is 24.1 Å². The number of hydrogen-bond acceptors (Lipinski definition) is 5. The second-order valence-electron chi connectivity index (χ2n) is 8.82. The number of esters is 2. The second-order valence-corrected chi connectivity index (χ2v) is 8.82. The Morgan fingerprint density at radius 1 is 0.971 bits per heavy atom. The van der Waals surface area contributed by atoms with E-state index in [1.54, 1.807) is 24.0 Å². The van der Waals surface area contributed by atoms with Gasteiger partial charge in [0.2, 0.25) is 0 Å². The zero-order valence-corrected chi connectivity index (χ0v) is 19.1. The molecular formula is C28H25NO5. The van der Waals surface area contributed by atoms with Gasteiger partial charge < -0.3 is 14.4 Å². The quantitative estimate of drug-likeness (QED) is 0.535. The average Bonchev–Trinajstić information content (AvgIpc) is 3.19. The fraction of sp³-hybridized carbons (Fsp3) is 0.250. The van der Waals surface area contributed by atoms with Gasteiger partial charge in [0.05, 0.1) is 11.1 Å². The maximum absolute atomic E-state index is 13.1. The molecule has 2 aliphatic heterocycles. The van der Waals surface area contributed by atoms with Crippen molar-refractivity contribution in [1.82, 2.24) is 0 Å². The van der Waals surface area contributed by atoms with Gasteiger partial charge in [-0.1, -0.05) is 48.5 Å². The van der Waals surface area contributed by atoms with Gasteiger partial charge in [0.25, 0.3) is 5.91 Å². The number of anilines is 1. The van der Waals surface area contributed by atoms with Gasteiger partial charge in [-0.25, -0.2) is 9.59 Å². The number of para-hydroxylation sites is 1. The molecule has 3 unspecified atom stereocenters. The molecule has 0 saturated carbocycles. The lowest BCUT2D eigenvalue weighted by atomic mass is 9.93. The Hall–Kier alpha value is -3.93. The first-order valence-corrected chi connectivity index (χ1v) is 11.4. The van der Waals surface area contributed by atoms with Gasteiger partial charge in [0, 0.05) is 18.2 Å². The van der Waals surface area contributed by atoms with Crippen LogP contribution in [-0.4, -0.2) is 30.0 Å². The van der Waals surface area contributed by atoms with Crippen molar-refractivity contribution in [2.45, 2.75) is 44.9 Å². The van der Waals surface area contributed by atoms with Crippen LogP contribution in [0.5, 0.6) is 0 Å². The fourth-order valence-electron chi connectivity index (χ4n) is 4.75. The van der Waals surface area contributed by atoms with E-state index in [1.807, 2.05) is 61.5 Å². The van der Waals surface area contributed by atoms with Gasteiger partial charge in [-0.15, -0.1) is 0 Å². The maximum Gasteiger partial charge on any atom is 0.339 e. The van der Waals surface area contributed by atoms with Crippen molar-refractivity contribution in [3.63, 3.8) is 0 Å². The Morgan fingerprint density at radius 2 is 1.71 bits per heavy atom. The van der Waals surface area contributed by atoms with Crippen LogP contribution in [0.4, 0.5) is 5.69 Å². The topological polar surface area (TPSA) is 72.9 Å². The van der Waals surface area contributed by atoms with Crippen LogP contribution in [0.3, 0.4) is 0 Å². The Bertz CT molecular complexity index is 1270. The summed E-state index contributed by atoms with van der Waals surface area (Å²) in [5.74, 6) is -1.27. The van der Waals surface area contributed by atoms with Crippen molar-refractivity contribution >= 4 is 23.5 Å². The van der Waals surface area contributed by atoms with Crippen LogP contribution >= 0.6 is 0 Å². The Kier molecular flexibility index (Phi) is 5.65. The smallest absolute Gasteiger partial charge is 0.339 e. The van der Waals surface area contributed by atoms with Crippen LogP contribution in [0.1, 0.15) is 57.4 Å². The lowest BCUT2D eigenvalue weighted by molar-refractivity contribution is -0.126. The first kappa shape index (κ1) is 21.9. The minimum absolute atomic E-state index is 0.00395. The molecule has 0 aromatic heterocycles. The Labute approximate surface area is 198 Å². The molecule has 2 aliphatic rings. The normalized spacial score (nSPS) is 19.6. The molecule has 0 bridgehead atoms. The summed E-state index contributed by atoms with van der Waals surface area (Å²) < 4.78 is 11.1. The molecule has 5 rings (SSSR count). The number of benzene rings is 3.